The average Bonchev–Trinajstić information content (AvgIpc) is 3.01. The standard InChI is InChI=1S/C16H28N2O.ClH/c1-2-11-3-5-12(6-4-11)16(19)18-9-13-7-8-15(17)14(13)10-18;/h11-15H,2-10,17H2,1H3;1H. The minimum Gasteiger partial charge on any atom is -0.342 e. The largest absolute Gasteiger partial charge is 0.342 e. The van der Waals surface area contributed by atoms with Gasteiger partial charge in [-0.25, -0.2) is 0 Å². The average molecular weight is 301 g/mol. The Kier molecular flexibility index (Phi) is 5.36. The smallest absolute Gasteiger partial charge is 0.225 e. The molecule has 3 nitrogen and oxygen atoms in total. The maximum Gasteiger partial charge on any atom is 0.225 e. The fourth-order valence-corrected chi connectivity index (χ4v) is 4.56. The fraction of sp³-hybridized carbons (Fsp3) is 0.938. The van der Waals surface area contributed by atoms with Crippen LogP contribution in [-0.2, 0) is 4.79 Å². The van der Waals surface area contributed by atoms with Crippen molar-refractivity contribution in [1.29, 1.82) is 0 Å². The molecule has 3 atom stereocenters. The van der Waals surface area contributed by atoms with Gasteiger partial charge in [0.25, 0.3) is 0 Å². The second kappa shape index (κ2) is 6.65. The molecule has 0 spiro atoms. The second-order valence-corrected chi connectivity index (χ2v) is 7.03. The van der Waals surface area contributed by atoms with E-state index in [0.717, 1.165) is 31.8 Å². The van der Waals surface area contributed by atoms with Gasteiger partial charge in [0, 0.05) is 25.0 Å². The van der Waals surface area contributed by atoms with Gasteiger partial charge in [-0.3, -0.25) is 4.79 Å². The highest BCUT2D eigenvalue weighted by molar-refractivity contribution is 5.85. The van der Waals surface area contributed by atoms with Gasteiger partial charge in [-0.2, -0.15) is 0 Å². The lowest BCUT2D eigenvalue weighted by atomic mass is 9.80. The summed E-state index contributed by atoms with van der Waals surface area (Å²) in [6, 6.07) is 0.346. The van der Waals surface area contributed by atoms with Gasteiger partial charge in [0.05, 0.1) is 0 Å². The highest BCUT2D eigenvalue weighted by atomic mass is 35.5. The molecule has 20 heavy (non-hydrogen) atoms. The number of hydrogen-bond donors (Lipinski definition) is 1. The molecule has 1 saturated heterocycles. The van der Waals surface area contributed by atoms with Crippen LogP contribution in [0.1, 0.15) is 51.9 Å². The summed E-state index contributed by atoms with van der Waals surface area (Å²) < 4.78 is 0. The molecule has 3 rings (SSSR count). The summed E-state index contributed by atoms with van der Waals surface area (Å²) >= 11 is 0. The maximum atomic E-state index is 12.6. The van der Waals surface area contributed by atoms with Crippen molar-refractivity contribution in [1.82, 2.24) is 4.90 Å². The van der Waals surface area contributed by atoms with Gasteiger partial charge in [-0.05, 0) is 56.3 Å². The Labute approximate surface area is 129 Å². The zero-order chi connectivity index (χ0) is 13.4. The van der Waals surface area contributed by atoms with Crippen molar-refractivity contribution < 1.29 is 4.79 Å². The van der Waals surface area contributed by atoms with E-state index in [-0.39, 0.29) is 12.4 Å². The van der Waals surface area contributed by atoms with Gasteiger partial charge < -0.3 is 10.6 Å². The Morgan fingerprint density at radius 2 is 1.80 bits per heavy atom. The van der Waals surface area contributed by atoms with E-state index < -0.39 is 0 Å². The van der Waals surface area contributed by atoms with Crippen LogP contribution < -0.4 is 5.73 Å². The van der Waals surface area contributed by atoms with E-state index in [1.54, 1.807) is 0 Å². The first-order valence-corrected chi connectivity index (χ1v) is 8.23. The molecule has 2 aliphatic carbocycles. The molecule has 1 heterocycles. The lowest BCUT2D eigenvalue weighted by Gasteiger charge is -2.30. The predicted molar refractivity (Wildman–Crippen MR) is 83.8 cm³/mol. The van der Waals surface area contributed by atoms with Crippen molar-refractivity contribution in [2.75, 3.05) is 13.1 Å². The molecular formula is C16H29ClN2O. The van der Waals surface area contributed by atoms with Crippen LogP contribution >= 0.6 is 12.4 Å². The van der Waals surface area contributed by atoms with Gasteiger partial charge >= 0.3 is 0 Å². The summed E-state index contributed by atoms with van der Waals surface area (Å²) in [4.78, 5) is 14.8. The van der Waals surface area contributed by atoms with E-state index in [2.05, 4.69) is 11.8 Å². The Morgan fingerprint density at radius 3 is 2.40 bits per heavy atom. The van der Waals surface area contributed by atoms with Crippen molar-refractivity contribution in [2.24, 2.45) is 29.4 Å². The molecule has 1 amide bonds. The predicted octanol–water partition coefficient (Wildman–Crippen LogP) is 2.82. The second-order valence-electron chi connectivity index (χ2n) is 7.03. The first kappa shape index (κ1) is 16.1. The Hall–Kier alpha value is -0.280. The molecule has 4 heteroatoms. The third-order valence-electron chi connectivity index (χ3n) is 6.00. The van der Waals surface area contributed by atoms with Crippen molar-refractivity contribution in [3.63, 3.8) is 0 Å². The van der Waals surface area contributed by atoms with Gasteiger partial charge in [-0.1, -0.05) is 13.3 Å². The van der Waals surface area contributed by atoms with Gasteiger partial charge in [0.2, 0.25) is 5.91 Å². The fourth-order valence-electron chi connectivity index (χ4n) is 4.56. The number of carbonyl (C=O) groups excluding carboxylic acids is 1. The molecule has 0 bridgehead atoms. The van der Waals surface area contributed by atoms with E-state index in [1.807, 2.05) is 0 Å². The number of fused-ring (bicyclic) bond motifs is 1. The third kappa shape index (κ3) is 2.99. The number of amides is 1. The number of likely N-dealkylation sites (tertiary alicyclic amines) is 1. The highest BCUT2D eigenvalue weighted by Crippen LogP contribution is 2.39. The number of nitrogens with two attached hydrogens (primary N) is 1. The summed E-state index contributed by atoms with van der Waals surface area (Å²) in [5.74, 6) is 2.92. The van der Waals surface area contributed by atoms with Crippen molar-refractivity contribution in [3.8, 4) is 0 Å². The Bertz CT molecular complexity index is 341. The first-order chi connectivity index (χ1) is 9.19. The molecule has 2 N–H and O–H groups in total. The lowest BCUT2D eigenvalue weighted by molar-refractivity contribution is -0.136. The van der Waals surface area contributed by atoms with E-state index in [4.69, 9.17) is 5.73 Å². The molecule has 0 radical (unpaired) electrons. The molecule has 116 valence electrons. The van der Waals surface area contributed by atoms with Crippen LogP contribution in [0.2, 0.25) is 0 Å². The highest BCUT2D eigenvalue weighted by Gasteiger charge is 2.43. The van der Waals surface area contributed by atoms with Crippen LogP contribution in [0.5, 0.6) is 0 Å². The third-order valence-corrected chi connectivity index (χ3v) is 6.00. The van der Waals surface area contributed by atoms with Crippen LogP contribution in [0.4, 0.5) is 0 Å². The zero-order valence-electron chi connectivity index (χ0n) is 12.6. The summed E-state index contributed by atoms with van der Waals surface area (Å²) in [5.41, 5.74) is 6.16. The van der Waals surface area contributed by atoms with E-state index >= 15 is 0 Å². The molecule has 3 unspecified atom stereocenters. The summed E-state index contributed by atoms with van der Waals surface area (Å²) in [6.45, 7) is 4.21. The SMILES string of the molecule is CCC1CCC(C(=O)N2CC3CCC(N)C3C2)CC1.Cl. The number of halogens is 1. The van der Waals surface area contributed by atoms with E-state index in [0.29, 0.717) is 29.7 Å². The Balaban J connectivity index is 0.00000147. The quantitative estimate of drug-likeness (QED) is 0.852. The van der Waals surface area contributed by atoms with Crippen molar-refractivity contribution >= 4 is 18.3 Å². The number of nitrogens with zero attached hydrogens (tertiary/aromatic N) is 1. The minimum atomic E-state index is 0. The topological polar surface area (TPSA) is 46.3 Å². The van der Waals surface area contributed by atoms with Gasteiger partial charge in [-0.15, -0.1) is 12.4 Å². The normalized spacial score (nSPS) is 40.3. The van der Waals surface area contributed by atoms with E-state index in [9.17, 15) is 4.79 Å². The van der Waals surface area contributed by atoms with Crippen LogP contribution in [-0.4, -0.2) is 29.9 Å². The molecule has 3 fully saturated rings. The molecule has 1 aliphatic heterocycles. The number of hydrogen-bond acceptors (Lipinski definition) is 2. The summed E-state index contributed by atoms with van der Waals surface area (Å²) in [5, 5.41) is 0. The van der Waals surface area contributed by atoms with Crippen LogP contribution in [0.3, 0.4) is 0 Å². The molecule has 0 aromatic heterocycles. The maximum absolute atomic E-state index is 12.6. The number of carbonyl (C=O) groups is 1. The van der Waals surface area contributed by atoms with E-state index in [1.165, 1.54) is 32.1 Å². The number of rotatable bonds is 2. The van der Waals surface area contributed by atoms with Gasteiger partial charge in [0.15, 0.2) is 0 Å². The zero-order valence-corrected chi connectivity index (χ0v) is 13.4. The van der Waals surface area contributed by atoms with Gasteiger partial charge in [0.1, 0.15) is 0 Å². The van der Waals surface area contributed by atoms with Crippen LogP contribution in [0.15, 0.2) is 0 Å². The molecule has 0 aromatic rings. The molecule has 3 aliphatic rings. The molecular weight excluding hydrogens is 272 g/mol. The van der Waals surface area contributed by atoms with Crippen molar-refractivity contribution in [2.45, 2.75) is 57.9 Å². The Morgan fingerprint density at radius 1 is 1.10 bits per heavy atom. The summed E-state index contributed by atoms with van der Waals surface area (Å²) in [6.07, 6.45) is 8.44. The monoisotopic (exact) mass is 300 g/mol. The van der Waals surface area contributed by atoms with Crippen LogP contribution in [0.25, 0.3) is 0 Å². The molecule has 0 aromatic carbocycles. The molecule has 2 saturated carbocycles. The van der Waals surface area contributed by atoms with Crippen molar-refractivity contribution in [3.05, 3.63) is 0 Å². The lowest BCUT2D eigenvalue weighted by Crippen LogP contribution is -2.38. The minimum absolute atomic E-state index is 0. The van der Waals surface area contributed by atoms with Crippen LogP contribution in [0, 0.1) is 23.7 Å². The summed E-state index contributed by atoms with van der Waals surface area (Å²) in [7, 11) is 0. The first-order valence-electron chi connectivity index (χ1n) is 8.23.